The summed E-state index contributed by atoms with van der Waals surface area (Å²) in [6.45, 7) is 0. The highest BCUT2D eigenvalue weighted by Crippen LogP contribution is 2.22. The summed E-state index contributed by atoms with van der Waals surface area (Å²) in [6.07, 6.45) is 1.41. The lowest BCUT2D eigenvalue weighted by Crippen LogP contribution is -2.12. The van der Waals surface area contributed by atoms with E-state index >= 15 is 0 Å². The second kappa shape index (κ2) is 6.72. The molecule has 0 unspecified atom stereocenters. The van der Waals surface area contributed by atoms with Gasteiger partial charge in [0.05, 0.1) is 0 Å². The average molecular weight is 293 g/mol. The predicted octanol–water partition coefficient (Wildman–Crippen LogP) is 2.49. The molecule has 6 nitrogen and oxygen atoms in total. The molecular weight excluding hydrogens is 280 g/mol. The zero-order chi connectivity index (χ0) is 14.4. The molecule has 2 rings (SSSR count). The Hall–Kier alpha value is -2.34. The van der Waals surface area contributed by atoms with Crippen LogP contribution in [0.3, 0.4) is 0 Å². The average Bonchev–Trinajstić information content (AvgIpc) is 2.49. The summed E-state index contributed by atoms with van der Waals surface area (Å²) < 4.78 is 5.58. The number of amides is 1. The van der Waals surface area contributed by atoms with E-state index in [1.54, 1.807) is 37.4 Å². The highest BCUT2D eigenvalue weighted by molar-refractivity contribution is 6.29. The summed E-state index contributed by atoms with van der Waals surface area (Å²) in [5, 5.41) is 5.54. The van der Waals surface area contributed by atoms with Gasteiger partial charge in [-0.05, 0) is 24.3 Å². The summed E-state index contributed by atoms with van der Waals surface area (Å²) in [5.41, 5.74) is 0.654. The number of anilines is 2. The van der Waals surface area contributed by atoms with Gasteiger partial charge in [0.2, 0.25) is 11.8 Å². The first-order valence-electron chi connectivity index (χ1n) is 5.85. The van der Waals surface area contributed by atoms with Gasteiger partial charge in [0.25, 0.3) is 0 Å². The number of carbonyl (C=O) groups is 1. The van der Waals surface area contributed by atoms with Gasteiger partial charge in [0, 0.05) is 18.8 Å². The zero-order valence-electron chi connectivity index (χ0n) is 10.8. The van der Waals surface area contributed by atoms with Crippen LogP contribution in [0.15, 0.2) is 36.7 Å². The molecule has 7 heteroatoms. The molecule has 104 valence electrons. The van der Waals surface area contributed by atoms with Crippen LogP contribution < -0.4 is 15.4 Å². The van der Waals surface area contributed by atoms with Gasteiger partial charge in [-0.15, -0.1) is 11.6 Å². The number of ether oxygens (including phenoxy) is 1. The molecule has 20 heavy (non-hydrogen) atoms. The number of rotatable bonds is 5. The molecule has 2 N–H and O–H groups in total. The molecule has 0 radical (unpaired) electrons. The Kier molecular flexibility index (Phi) is 4.73. The van der Waals surface area contributed by atoms with Crippen molar-refractivity contribution in [2.75, 3.05) is 23.6 Å². The molecule has 2 aromatic rings. The van der Waals surface area contributed by atoms with Crippen molar-refractivity contribution in [2.24, 2.45) is 0 Å². The molecule has 1 heterocycles. The quantitative estimate of drug-likeness (QED) is 0.828. The molecular formula is C13H13ClN4O2. The van der Waals surface area contributed by atoms with Gasteiger partial charge in [0.1, 0.15) is 23.8 Å². The van der Waals surface area contributed by atoms with E-state index in [-0.39, 0.29) is 11.8 Å². The largest absolute Gasteiger partial charge is 0.439 e. The number of nitrogens with zero attached hydrogens (tertiary/aromatic N) is 2. The minimum Gasteiger partial charge on any atom is -0.439 e. The molecule has 1 amide bonds. The van der Waals surface area contributed by atoms with E-state index < -0.39 is 0 Å². The fraction of sp³-hybridized carbons (Fsp3) is 0.154. The number of halogens is 1. The van der Waals surface area contributed by atoms with Crippen LogP contribution >= 0.6 is 11.6 Å². The molecule has 0 aliphatic carbocycles. The van der Waals surface area contributed by atoms with Crippen LogP contribution in [0.4, 0.5) is 11.5 Å². The van der Waals surface area contributed by atoms with Gasteiger partial charge in [-0.2, -0.15) is 0 Å². The van der Waals surface area contributed by atoms with E-state index in [2.05, 4.69) is 20.6 Å². The molecule has 0 aliphatic rings. The number of nitrogens with one attached hydrogen (secondary N) is 2. The summed E-state index contributed by atoms with van der Waals surface area (Å²) >= 11 is 5.41. The van der Waals surface area contributed by atoms with Crippen LogP contribution in [0.5, 0.6) is 11.6 Å². The van der Waals surface area contributed by atoms with E-state index in [9.17, 15) is 4.79 Å². The number of benzene rings is 1. The second-order valence-corrected chi connectivity index (χ2v) is 4.07. The molecule has 0 saturated heterocycles. The van der Waals surface area contributed by atoms with Crippen molar-refractivity contribution in [1.82, 2.24) is 9.97 Å². The molecule has 0 aliphatic heterocycles. The van der Waals surface area contributed by atoms with E-state index in [1.807, 2.05) is 0 Å². The Balaban J connectivity index is 2.04. The third-order valence-electron chi connectivity index (χ3n) is 2.38. The van der Waals surface area contributed by atoms with Gasteiger partial charge < -0.3 is 15.4 Å². The summed E-state index contributed by atoms with van der Waals surface area (Å²) in [4.78, 5) is 19.1. The predicted molar refractivity (Wildman–Crippen MR) is 77.4 cm³/mol. The van der Waals surface area contributed by atoms with Crippen molar-refractivity contribution in [3.8, 4) is 11.6 Å². The highest BCUT2D eigenvalue weighted by atomic mass is 35.5. The van der Waals surface area contributed by atoms with Gasteiger partial charge in [-0.1, -0.05) is 0 Å². The smallest absolute Gasteiger partial charge is 0.239 e. The molecule has 0 bridgehead atoms. The van der Waals surface area contributed by atoms with E-state index in [1.165, 1.54) is 6.33 Å². The fourth-order valence-corrected chi connectivity index (χ4v) is 1.52. The van der Waals surface area contributed by atoms with Crippen LogP contribution in [0.2, 0.25) is 0 Å². The van der Waals surface area contributed by atoms with Crippen molar-refractivity contribution in [1.29, 1.82) is 0 Å². The molecule has 0 atom stereocenters. The third kappa shape index (κ3) is 3.83. The zero-order valence-corrected chi connectivity index (χ0v) is 11.5. The first-order chi connectivity index (χ1) is 9.71. The highest BCUT2D eigenvalue weighted by Gasteiger charge is 2.03. The van der Waals surface area contributed by atoms with Crippen LogP contribution in [0.25, 0.3) is 0 Å². The lowest BCUT2D eigenvalue weighted by atomic mass is 10.3. The first-order valence-corrected chi connectivity index (χ1v) is 6.38. The van der Waals surface area contributed by atoms with Gasteiger partial charge in [-0.25, -0.2) is 9.97 Å². The second-order valence-electron chi connectivity index (χ2n) is 3.80. The summed E-state index contributed by atoms with van der Waals surface area (Å²) in [6, 6.07) is 8.58. The minimum atomic E-state index is -0.255. The number of aromatic nitrogens is 2. The van der Waals surface area contributed by atoms with Gasteiger partial charge in [0.15, 0.2) is 0 Å². The van der Waals surface area contributed by atoms with E-state index in [4.69, 9.17) is 16.3 Å². The van der Waals surface area contributed by atoms with Crippen LogP contribution in [0, 0.1) is 0 Å². The van der Waals surface area contributed by atoms with Gasteiger partial charge >= 0.3 is 0 Å². The SMILES string of the molecule is CNc1cc(Oc2ccc(NC(=O)CCl)cc2)ncn1. The molecule has 1 aromatic carbocycles. The Labute approximate surface area is 121 Å². The maximum atomic E-state index is 11.1. The Morgan fingerprint density at radius 1 is 1.30 bits per heavy atom. The topological polar surface area (TPSA) is 76.1 Å². The van der Waals surface area contributed by atoms with E-state index in [0.717, 1.165) is 0 Å². The normalized spacial score (nSPS) is 9.90. The van der Waals surface area contributed by atoms with Crippen LogP contribution in [-0.2, 0) is 4.79 Å². The van der Waals surface area contributed by atoms with Crippen molar-refractivity contribution in [3.63, 3.8) is 0 Å². The number of hydrogen-bond acceptors (Lipinski definition) is 5. The van der Waals surface area contributed by atoms with Crippen LogP contribution in [0.1, 0.15) is 0 Å². The van der Waals surface area contributed by atoms with Crippen LogP contribution in [-0.4, -0.2) is 28.8 Å². The van der Waals surface area contributed by atoms with E-state index in [0.29, 0.717) is 23.1 Å². The molecule has 0 saturated carbocycles. The standard InChI is InChI=1S/C13H13ClN4O2/c1-15-11-6-13(17-8-16-11)20-10-4-2-9(3-5-10)18-12(19)7-14/h2-6,8H,7H2,1H3,(H,18,19)(H,15,16,17). The number of hydrogen-bond donors (Lipinski definition) is 2. The maximum Gasteiger partial charge on any atom is 0.239 e. The molecule has 0 spiro atoms. The van der Waals surface area contributed by atoms with Crippen molar-refractivity contribution >= 4 is 29.0 Å². The summed E-state index contributed by atoms with van der Waals surface area (Å²) in [7, 11) is 1.76. The molecule has 0 fully saturated rings. The Morgan fingerprint density at radius 2 is 2.05 bits per heavy atom. The number of alkyl halides is 1. The van der Waals surface area contributed by atoms with Crippen molar-refractivity contribution < 1.29 is 9.53 Å². The Bertz CT molecular complexity index is 589. The third-order valence-corrected chi connectivity index (χ3v) is 2.62. The van der Waals surface area contributed by atoms with Crippen molar-refractivity contribution in [3.05, 3.63) is 36.7 Å². The van der Waals surface area contributed by atoms with Gasteiger partial charge in [-0.3, -0.25) is 4.79 Å². The maximum absolute atomic E-state index is 11.1. The van der Waals surface area contributed by atoms with Crippen molar-refractivity contribution in [2.45, 2.75) is 0 Å². The fourth-order valence-electron chi connectivity index (χ4n) is 1.45. The number of carbonyl (C=O) groups excluding carboxylic acids is 1. The lowest BCUT2D eigenvalue weighted by Gasteiger charge is -2.07. The Morgan fingerprint density at radius 3 is 2.70 bits per heavy atom. The minimum absolute atomic E-state index is 0.0774. The summed E-state index contributed by atoms with van der Waals surface area (Å²) in [5.74, 6) is 1.37. The molecule has 1 aromatic heterocycles. The monoisotopic (exact) mass is 292 g/mol. The first kappa shape index (κ1) is 14.1. The lowest BCUT2D eigenvalue weighted by molar-refractivity contribution is -0.113.